The minimum absolute atomic E-state index is 0.506. The van der Waals surface area contributed by atoms with E-state index in [4.69, 9.17) is 5.41 Å². The average Bonchev–Trinajstić information content (AvgIpc) is 1.91. The fourth-order valence-corrected chi connectivity index (χ4v) is 0.812. The van der Waals surface area contributed by atoms with E-state index in [2.05, 4.69) is 13.8 Å². The van der Waals surface area contributed by atoms with Gasteiger partial charge in [-0.15, -0.1) is 0 Å². The van der Waals surface area contributed by atoms with Gasteiger partial charge in [0.15, 0.2) is 0 Å². The summed E-state index contributed by atoms with van der Waals surface area (Å²) in [4.78, 5) is 0. The molecular weight excluding hydrogens is 110 g/mol. The van der Waals surface area contributed by atoms with E-state index in [0.29, 0.717) is 5.92 Å². The van der Waals surface area contributed by atoms with Crippen molar-refractivity contribution in [2.45, 2.75) is 32.6 Å². The number of hydrogen-bond donors (Lipinski definition) is 1. The third-order valence-corrected chi connectivity index (χ3v) is 1.58. The highest BCUT2D eigenvalue weighted by atomic mass is 14.3. The second-order valence-electron chi connectivity index (χ2n) is 2.33. The molecule has 0 aliphatic rings. The molecule has 0 aliphatic carbocycles. The molecule has 0 aromatic heterocycles. The summed E-state index contributed by atoms with van der Waals surface area (Å²) in [6.07, 6.45) is 5.96. The van der Waals surface area contributed by atoms with Crippen LogP contribution in [0.15, 0.2) is 0 Å². The smallest absolute Gasteiger partial charge is 0.00168 e. The maximum atomic E-state index is 6.99. The minimum Gasteiger partial charge on any atom is -0.313 e. The summed E-state index contributed by atoms with van der Waals surface area (Å²) in [5, 5.41) is 6.99. The molecule has 0 rings (SSSR count). The Balaban J connectivity index is 3.20. The van der Waals surface area contributed by atoms with Crippen molar-refractivity contribution < 1.29 is 0 Å². The third kappa shape index (κ3) is 4.19. The summed E-state index contributed by atoms with van der Waals surface area (Å²) in [6, 6.07) is 0. The normalized spacial score (nSPS) is 13.1. The molecule has 0 saturated carbocycles. The fourth-order valence-electron chi connectivity index (χ4n) is 0.812. The fraction of sp³-hybridized carbons (Fsp3) is 0.750. The Labute approximate surface area is 58.0 Å². The largest absolute Gasteiger partial charge is 0.313 e. The highest BCUT2D eigenvalue weighted by Crippen LogP contribution is 2.08. The summed E-state index contributed by atoms with van der Waals surface area (Å²) < 4.78 is 0. The molecule has 0 aliphatic heterocycles. The summed E-state index contributed by atoms with van der Waals surface area (Å²) in [7, 11) is 0. The highest BCUT2D eigenvalue weighted by Gasteiger charge is 1.98. The molecule has 0 saturated heterocycles. The van der Waals surface area contributed by atoms with Gasteiger partial charge in [0.1, 0.15) is 0 Å². The number of hydrogen-bond acceptors (Lipinski definition) is 1. The molecule has 1 nitrogen and oxygen atoms in total. The first kappa shape index (κ1) is 8.67. The Morgan fingerprint density at radius 2 is 2.33 bits per heavy atom. The summed E-state index contributed by atoms with van der Waals surface area (Å²) in [5.74, 6) is 0.506. The van der Waals surface area contributed by atoms with Crippen molar-refractivity contribution >= 4 is 6.21 Å². The molecule has 1 atom stereocenters. The zero-order valence-corrected chi connectivity index (χ0v) is 6.19. The topological polar surface area (TPSA) is 23.9 Å². The van der Waals surface area contributed by atoms with Crippen molar-refractivity contribution in [3.63, 3.8) is 0 Å². The first-order valence-electron chi connectivity index (χ1n) is 3.65. The van der Waals surface area contributed by atoms with E-state index < -0.39 is 0 Å². The maximum Gasteiger partial charge on any atom is -0.00168 e. The lowest BCUT2D eigenvalue weighted by atomic mass is 10.0. The van der Waals surface area contributed by atoms with E-state index in [1.807, 2.05) is 0 Å². The van der Waals surface area contributed by atoms with Crippen LogP contribution >= 0.6 is 0 Å². The molecule has 0 heterocycles. The predicted molar refractivity (Wildman–Crippen MR) is 41.8 cm³/mol. The van der Waals surface area contributed by atoms with Gasteiger partial charge < -0.3 is 5.41 Å². The monoisotopic (exact) mass is 126 g/mol. The molecule has 0 spiro atoms. The van der Waals surface area contributed by atoms with Crippen LogP contribution in [-0.2, 0) is 0 Å². The van der Waals surface area contributed by atoms with Gasteiger partial charge in [-0.05, 0) is 25.0 Å². The first-order chi connectivity index (χ1) is 4.35. The van der Waals surface area contributed by atoms with E-state index in [1.165, 1.54) is 0 Å². The lowest BCUT2D eigenvalue weighted by Gasteiger charge is -2.05. The molecule has 0 amide bonds. The summed E-state index contributed by atoms with van der Waals surface area (Å²) in [5.41, 5.74) is 0. The predicted octanol–water partition coefficient (Wildman–Crippen LogP) is 2.67. The van der Waals surface area contributed by atoms with Crippen molar-refractivity contribution in [2.75, 3.05) is 0 Å². The zero-order chi connectivity index (χ0) is 7.11. The van der Waals surface area contributed by atoms with E-state index in [9.17, 15) is 0 Å². The van der Waals surface area contributed by atoms with E-state index in [-0.39, 0.29) is 0 Å². The quantitative estimate of drug-likeness (QED) is 0.548. The van der Waals surface area contributed by atoms with Crippen molar-refractivity contribution in [1.82, 2.24) is 0 Å². The Morgan fingerprint density at radius 3 is 2.67 bits per heavy atom. The van der Waals surface area contributed by atoms with Gasteiger partial charge in [0, 0.05) is 0 Å². The van der Waals surface area contributed by atoms with Gasteiger partial charge in [-0.3, -0.25) is 0 Å². The number of nitrogens with one attached hydrogen (secondary N) is 1. The van der Waals surface area contributed by atoms with Gasteiger partial charge in [-0.25, -0.2) is 0 Å². The van der Waals surface area contributed by atoms with Crippen LogP contribution in [0.1, 0.15) is 32.6 Å². The Kier molecular flexibility index (Phi) is 5.59. The van der Waals surface area contributed by atoms with Crippen molar-refractivity contribution in [3.8, 4) is 0 Å². The molecule has 1 heteroatoms. The Morgan fingerprint density at radius 1 is 1.67 bits per heavy atom. The molecular formula is C8H16N. The van der Waals surface area contributed by atoms with Crippen LogP contribution in [0.5, 0.6) is 0 Å². The molecule has 1 radical (unpaired) electrons. The molecule has 0 fully saturated rings. The molecule has 0 aromatic rings. The molecule has 0 aromatic carbocycles. The van der Waals surface area contributed by atoms with Gasteiger partial charge in [0.25, 0.3) is 0 Å². The van der Waals surface area contributed by atoms with Gasteiger partial charge in [0.05, 0.1) is 0 Å². The van der Waals surface area contributed by atoms with Gasteiger partial charge in [-0.1, -0.05) is 26.7 Å². The van der Waals surface area contributed by atoms with Crippen molar-refractivity contribution in [2.24, 2.45) is 5.92 Å². The maximum absolute atomic E-state index is 6.99. The second-order valence-corrected chi connectivity index (χ2v) is 2.33. The van der Waals surface area contributed by atoms with Crippen molar-refractivity contribution in [3.05, 3.63) is 6.92 Å². The lowest BCUT2D eigenvalue weighted by molar-refractivity contribution is 0.585. The average molecular weight is 126 g/mol. The van der Waals surface area contributed by atoms with Crippen LogP contribution in [0.2, 0.25) is 0 Å². The van der Waals surface area contributed by atoms with Crippen molar-refractivity contribution in [1.29, 1.82) is 5.41 Å². The Hall–Kier alpha value is -0.330. The van der Waals surface area contributed by atoms with E-state index >= 15 is 0 Å². The minimum atomic E-state index is 0.506. The summed E-state index contributed by atoms with van der Waals surface area (Å²) in [6.45, 7) is 5.87. The summed E-state index contributed by atoms with van der Waals surface area (Å²) >= 11 is 0. The van der Waals surface area contributed by atoms with Crippen LogP contribution in [0.25, 0.3) is 0 Å². The van der Waals surface area contributed by atoms with E-state index in [0.717, 1.165) is 25.7 Å². The van der Waals surface area contributed by atoms with Crippen LogP contribution in [0.4, 0.5) is 0 Å². The van der Waals surface area contributed by atoms with Crippen LogP contribution in [0.3, 0.4) is 0 Å². The molecule has 53 valence electrons. The van der Waals surface area contributed by atoms with E-state index in [1.54, 1.807) is 6.21 Å². The highest BCUT2D eigenvalue weighted by molar-refractivity contribution is 5.56. The molecule has 1 unspecified atom stereocenters. The van der Waals surface area contributed by atoms with Crippen LogP contribution in [-0.4, -0.2) is 6.21 Å². The number of unbranched alkanes of at least 4 members (excludes halogenated alkanes) is 1. The lowest BCUT2D eigenvalue weighted by Crippen LogP contribution is -1.98. The number of rotatable bonds is 5. The first-order valence-corrected chi connectivity index (χ1v) is 3.65. The third-order valence-electron chi connectivity index (χ3n) is 1.58. The Bertz CT molecular complexity index is 69.0. The zero-order valence-electron chi connectivity index (χ0n) is 6.19. The second kappa shape index (κ2) is 5.80. The van der Waals surface area contributed by atoms with Gasteiger partial charge >= 0.3 is 0 Å². The van der Waals surface area contributed by atoms with Gasteiger partial charge in [-0.2, -0.15) is 0 Å². The molecule has 1 N–H and O–H groups in total. The van der Waals surface area contributed by atoms with Crippen LogP contribution < -0.4 is 0 Å². The SMILES string of the molecule is [CH2]CCCC(C=N)CC. The molecule has 0 bridgehead atoms. The standard InChI is InChI=1S/C8H16N/c1-3-5-6-8(4-2)7-9/h7-9H,1,3-6H2,2H3. The van der Waals surface area contributed by atoms with Gasteiger partial charge in [0.2, 0.25) is 0 Å². The van der Waals surface area contributed by atoms with Crippen LogP contribution in [0, 0.1) is 18.3 Å². The molecule has 9 heavy (non-hydrogen) atoms.